The number of amides is 1. The van der Waals surface area contributed by atoms with Crippen LogP contribution in [0, 0.1) is 0 Å². The van der Waals surface area contributed by atoms with E-state index in [-0.39, 0.29) is 5.91 Å². The highest BCUT2D eigenvalue weighted by Gasteiger charge is 2.13. The van der Waals surface area contributed by atoms with Gasteiger partial charge in [0.1, 0.15) is 5.69 Å². The second-order valence-corrected chi connectivity index (χ2v) is 4.20. The Hall–Kier alpha value is -1.62. The molecule has 1 amide bonds. The standard InChI is InChI=1S/C12H18N4O/c1-13-12(17)11-7-9(4-6-15-11)16-10-3-2-5-14-8-10/h4,6-7,10,14H,2-3,5,8H2,1H3,(H,13,17)(H,15,16). The quantitative estimate of drug-likeness (QED) is 0.716. The average Bonchev–Trinajstić information content (AvgIpc) is 2.39. The maximum absolute atomic E-state index is 11.4. The van der Waals surface area contributed by atoms with E-state index in [4.69, 9.17) is 0 Å². The number of carbonyl (C=O) groups excluding carboxylic acids is 1. The third-order valence-electron chi connectivity index (χ3n) is 2.89. The molecule has 2 rings (SSSR count). The maximum atomic E-state index is 11.4. The number of pyridine rings is 1. The minimum atomic E-state index is -0.157. The molecule has 17 heavy (non-hydrogen) atoms. The van der Waals surface area contributed by atoms with Crippen molar-refractivity contribution in [1.82, 2.24) is 15.6 Å². The molecule has 92 valence electrons. The van der Waals surface area contributed by atoms with Crippen LogP contribution < -0.4 is 16.0 Å². The number of rotatable bonds is 3. The van der Waals surface area contributed by atoms with Crippen molar-refractivity contribution < 1.29 is 4.79 Å². The number of hydrogen-bond donors (Lipinski definition) is 3. The molecule has 3 N–H and O–H groups in total. The molecule has 2 heterocycles. The van der Waals surface area contributed by atoms with Crippen molar-refractivity contribution >= 4 is 11.6 Å². The first-order valence-corrected chi connectivity index (χ1v) is 5.95. The fraction of sp³-hybridized carbons (Fsp3) is 0.500. The molecule has 1 saturated heterocycles. The van der Waals surface area contributed by atoms with Gasteiger partial charge in [-0.2, -0.15) is 0 Å². The molecule has 0 saturated carbocycles. The average molecular weight is 234 g/mol. The summed E-state index contributed by atoms with van der Waals surface area (Å²) in [6.45, 7) is 2.07. The zero-order valence-electron chi connectivity index (χ0n) is 9.99. The molecule has 5 heteroatoms. The van der Waals surface area contributed by atoms with E-state index in [0.29, 0.717) is 11.7 Å². The van der Waals surface area contributed by atoms with Crippen LogP contribution in [0.15, 0.2) is 18.3 Å². The molecule has 1 fully saturated rings. The molecule has 0 aromatic carbocycles. The Morgan fingerprint density at radius 2 is 2.47 bits per heavy atom. The second-order valence-electron chi connectivity index (χ2n) is 4.20. The number of piperidine rings is 1. The van der Waals surface area contributed by atoms with E-state index in [9.17, 15) is 4.79 Å². The molecule has 1 aliphatic heterocycles. The smallest absolute Gasteiger partial charge is 0.269 e. The van der Waals surface area contributed by atoms with Gasteiger partial charge in [-0.25, -0.2) is 0 Å². The van der Waals surface area contributed by atoms with Gasteiger partial charge in [0, 0.05) is 31.5 Å². The van der Waals surface area contributed by atoms with E-state index in [0.717, 1.165) is 25.2 Å². The van der Waals surface area contributed by atoms with Crippen LogP contribution in [0.4, 0.5) is 5.69 Å². The van der Waals surface area contributed by atoms with Gasteiger partial charge in [0.15, 0.2) is 0 Å². The highest BCUT2D eigenvalue weighted by atomic mass is 16.1. The summed E-state index contributed by atoms with van der Waals surface area (Å²) in [5, 5.41) is 9.33. The second kappa shape index (κ2) is 5.63. The van der Waals surface area contributed by atoms with E-state index in [2.05, 4.69) is 20.9 Å². The first-order valence-electron chi connectivity index (χ1n) is 5.95. The van der Waals surface area contributed by atoms with Crippen LogP contribution >= 0.6 is 0 Å². The lowest BCUT2D eigenvalue weighted by Gasteiger charge is -2.24. The fourth-order valence-corrected chi connectivity index (χ4v) is 1.98. The molecule has 1 aromatic heterocycles. The van der Waals surface area contributed by atoms with Gasteiger partial charge in [0.25, 0.3) is 5.91 Å². The highest BCUT2D eigenvalue weighted by Crippen LogP contribution is 2.13. The van der Waals surface area contributed by atoms with E-state index in [1.165, 1.54) is 6.42 Å². The molecule has 1 unspecified atom stereocenters. The molecule has 1 aliphatic rings. The largest absolute Gasteiger partial charge is 0.381 e. The van der Waals surface area contributed by atoms with Gasteiger partial charge in [0.05, 0.1) is 0 Å². The SMILES string of the molecule is CNC(=O)c1cc(NC2CCCNC2)ccn1. The fourth-order valence-electron chi connectivity index (χ4n) is 1.98. The van der Waals surface area contributed by atoms with Crippen LogP contribution in [0.1, 0.15) is 23.3 Å². The summed E-state index contributed by atoms with van der Waals surface area (Å²) in [5.74, 6) is -0.157. The Morgan fingerprint density at radius 3 is 3.18 bits per heavy atom. The molecular formula is C12H18N4O. The van der Waals surface area contributed by atoms with Crippen molar-refractivity contribution in [2.75, 3.05) is 25.5 Å². The van der Waals surface area contributed by atoms with Crippen LogP contribution in [-0.2, 0) is 0 Å². The molecule has 0 aliphatic carbocycles. The van der Waals surface area contributed by atoms with Crippen LogP contribution in [-0.4, -0.2) is 37.1 Å². The lowest BCUT2D eigenvalue weighted by molar-refractivity contribution is 0.0958. The molecular weight excluding hydrogens is 216 g/mol. The summed E-state index contributed by atoms with van der Waals surface area (Å²) in [6, 6.07) is 4.11. The zero-order chi connectivity index (χ0) is 12.1. The number of nitrogens with one attached hydrogen (secondary N) is 3. The first-order chi connectivity index (χ1) is 8.29. The van der Waals surface area contributed by atoms with Gasteiger partial charge in [-0.05, 0) is 31.5 Å². The lowest BCUT2D eigenvalue weighted by atomic mass is 10.1. The Labute approximate surface area is 101 Å². The molecule has 5 nitrogen and oxygen atoms in total. The number of hydrogen-bond acceptors (Lipinski definition) is 4. The van der Waals surface area contributed by atoms with E-state index >= 15 is 0 Å². The molecule has 1 aromatic rings. The molecule has 0 radical (unpaired) electrons. The van der Waals surface area contributed by atoms with Crippen molar-refractivity contribution in [2.45, 2.75) is 18.9 Å². The number of carbonyl (C=O) groups is 1. The van der Waals surface area contributed by atoms with Gasteiger partial charge in [-0.3, -0.25) is 9.78 Å². The van der Waals surface area contributed by atoms with Gasteiger partial charge >= 0.3 is 0 Å². The van der Waals surface area contributed by atoms with Crippen LogP contribution in [0.5, 0.6) is 0 Å². The van der Waals surface area contributed by atoms with Crippen molar-refractivity contribution in [3.63, 3.8) is 0 Å². The summed E-state index contributed by atoms with van der Waals surface area (Å²) < 4.78 is 0. The molecule has 1 atom stereocenters. The predicted octanol–water partition coefficient (Wildman–Crippen LogP) is 0.605. The van der Waals surface area contributed by atoms with Crippen LogP contribution in [0.2, 0.25) is 0 Å². The van der Waals surface area contributed by atoms with Gasteiger partial charge < -0.3 is 16.0 Å². The third-order valence-corrected chi connectivity index (χ3v) is 2.89. The van der Waals surface area contributed by atoms with Crippen LogP contribution in [0.25, 0.3) is 0 Å². The Morgan fingerprint density at radius 1 is 1.59 bits per heavy atom. The molecule has 0 bridgehead atoms. The monoisotopic (exact) mass is 234 g/mol. The summed E-state index contributed by atoms with van der Waals surface area (Å²) in [5.41, 5.74) is 1.40. The predicted molar refractivity (Wildman–Crippen MR) is 67.1 cm³/mol. The van der Waals surface area contributed by atoms with E-state index in [1.54, 1.807) is 19.3 Å². The topological polar surface area (TPSA) is 66.1 Å². The van der Waals surface area contributed by atoms with Gasteiger partial charge in [-0.15, -0.1) is 0 Å². The van der Waals surface area contributed by atoms with Crippen molar-refractivity contribution in [1.29, 1.82) is 0 Å². The van der Waals surface area contributed by atoms with Crippen molar-refractivity contribution in [2.24, 2.45) is 0 Å². The third kappa shape index (κ3) is 3.17. The Balaban J connectivity index is 2.02. The van der Waals surface area contributed by atoms with E-state index in [1.807, 2.05) is 6.07 Å². The number of aromatic nitrogens is 1. The normalized spacial score (nSPS) is 19.7. The minimum Gasteiger partial charge on any atom is -0.381 e. The van der Waals surface area contributed by atoms with Gasteiger partial charge in [0.2, 0.25) is 0 Å². The molecule has 0 spiro atoms. The maximum Gasteiger partial charge on any atom is 0.269 e. The Kier molecular flexibility index (Phi) is 3.93. The first kappa shape index (κ1) is 11.9. The lowest BCUT2D eigenvalue weighted by Crippen LogP contribution is -2.38. The Bertz CT molecular complexity index is 388. The van der Waals surface area contributed by atoms with Crippen molar-refractivity contribution in [3.05, 3.63) is 24.0 Å². The zero-order valence-corrected chi connectivity index (χ0v) is 9.99. The number of nitrogens with zero attached hydrogens (tertiary/aromatic N) is 1. The highest BCUT2D eigenvalue weighted by molar-refractivity contribution is 5.92. The van der Waals surface area contributed by atoms with Crippen LogP contribution in [0.3, 0.4) is 0 Å². The summed E-state index contributed by atoms with van der Waals surface area (Å²) >= 11 is 0. The minimum absolute atomic E-state index is 0.157. The summed E-state index contributed by atoms with van der Waals surface area (Å²) in [6.07, 6.45) is 4.00. The van der Waals surface area contributed by atoms with E-state index < -0.39 is 0 Å². The summed E-state index contributed by atoms with van der Waals surface area (Å²) in [4.78, 5) is 15.5. The van der Waals surface area contributed by atoms with Gasteiger partial charge in [-0.1, -0.05) is 0 Å². The van der Waals surface area contributed by atoms with Crippen molar-refractivity contribution in [3.8, 4) is 0 Å². The number of anilines is 1. The summed E-state index contributed by atoms with van der Waals surface area (Å²) in [7, 11) is 1.61.